The molecule has 4 unspecified atom stereocenters. The van der Waals surface area contributed by atoms with Crippen LogP contribution in [0.15, 0.2) is 12.5 Å². The summed E-state index contributed by atoms with van der Waals surface area (Å²) in [7, 11) is 0. The van der Waals surface area contributed by atoms with E-state index in [2.05, 4.69) is 38.5 Å². The van der Waals surface area contributed by atoms with Crippen LogP contribution in [0.3, 0.4) is 0 Å². The van der Waals surface area contributed by atoms with E-state index in [1.807, 2.05) is 13.8 Å². The van der Waals surface area contributed by atoms with Crippen LogP contribution in [0.25, 0.3) is 0 Å². The van der Waals surface area contributed by atoms with Crippen molar-refractivity contribution in [1.82, 2.24) is 25.9 Å². The van der Waals surface area contributed by atoms with Crippen LogP contribution < -0.4 is 27.4 Å². The number of imidazole rings is 1. The van der Waals surface area contributed by atoms with Crippen molar-refractivity contribution in [3.63, 3.8) is 0 Å². The fourth-order valence-electron chi connectivity index (χ4n) is 3.19. The topological polar surface area (TPSA) is 205 Å². The molecule has 0 aromatic carbocycles. The number of thiol groups is 1. The number of nitrogens with zero attached hydrogens (tertiary/aromatic N) is 1. The monoisotopic (exact) mass is 499 g/mol. The average molecular weight is 500 g/mol. The predicted octanol–water partition coefficient (Wildman–Crippen LogP) is -1.08. The number of amides is 3. The molecule has 0 radical (unpaired) electrons. The molecule has 12 nitrogen and oxygen atoms in total. The van der Waals surface area contributed by atoms with Crippen molar-refractivity contribution in [3.05, 3.63) is 18.2 Å². The Kier molecular flexibility index (Phi) is 13.2. The molecule has 0 saturated heterocycles. The van der Waals surface area contributed by atoms with Gasteiger partial charge >= 0.3 is 5.97 Å². The van der Waals surface area contributed by atoms with Crippen LogP contribution in [-0.4, -0.2) is 75.2 Å². The Balaban J connectivity index is 2.95. The molecule has 0 fully saturated rings. The number of hydrogen-bond acceptors (Lipinski definition) is 8. The summed E-state index contributed by atoms with van der Waals surface area (Å²) in [6, 6.07) is -4.02. The quantitative estimate of drug-likeness (QED) is 0.103. The number of aromatic nitrogens is 2. The maximum absolute atomic E-state index is 13.0. The van der Waals surface area contributed by atoms with Gasteiger partial charge in [-0.15, -0.1) is 0 Å². The van der Waals surface area contributed by atoms with Crippen LogP contribution in [0.5, 0.6) is 0 Å². The summed E-state index contributed by atoms with van der Waals surface area (Å²) in [5, 5.41) is 17.3. The van der Waals surface area contributed by atoms with E-state index in [9.17, 15) is 24.3 Å². The fraction of sp³-hybridized carbons (Fsp3) is 0.667. The van der Waals surface area contributed by atoms with E-state index in [0.717, 1.165) is 0 Å². The van der Waals surface area contributed by atoms with E-state index in [1.165, 1.54) is 12.5 Å². The lowest BCUT2D eigenvalue weighted by atomic mass is 10.0. The number of carbonyl (C=O) groups is 4. The molecule has 4 atom stereocenters. The molecule has 0 saturated carbocycles. The number of carbonyl (C=O) groups excluding carboxylic acids is 3. The van der Waals surface area contributed by atoms with Crippen molar-refractivity contribution in [1.29, 1.82) is 0 Å². The smallest absolute Gasteiger partial charge is 0.326 e. The molecule has 192 valence electrons. The third-order valence-electron chi connectivity index (χ3n) is 5.05. The van der Waals surface area contributed by atoms with Crippen LogP contribution in [0.1, 0.15) is 45.2 Å². The number of aliphatic carboxylic acids is 1. The van der Waals surface area contributed by atoms with Crippen molar-refractivity contribution in [2.75, 3.05) is 12.3 Å². The molecule has 1 heterocycles. The molecule has 0 aliphatic rings. The maximum Gasteiger partial charge on any atom is 0.326 e. The fourth-order valence-corrected chi connectivity index (χ4v) is 3.35. The van der Waals surface area contributed by atoms with Gasteiger partial charge in [0, 0.05) is 24.1 Å². The molecule has 0 aliphatic carbocycles. The van der Waals surface area contributed by atoms with Gasteiger partial charge in [-0.2, -0.15) is 12.6 Å². The number of aromatic amines is 1. The Morgan fingerprint density at radius 3 is 2.21 bits per heavy atom. The van der Waals surface area contributed by atoms with E-state index < -0.39 is 47.9 Å². The SMILES string of the molecule is CC(C)CC(NC(=O)C(CCCCN)NC(=O)C(N)CS)C(=O)NC(Cc1cnc[nH]1)C(=O)O. The van der Waals surface area contributed by atoms with Gasteiger partial charge in [-0.05, 0) is 38.1 Å². The molecular formula is C21H37N7O5S. The van der Waals surface area contributed by atoms with Gasteiger partial charge < -0.3 is 37.5 Å². The van der Waals surface area contributed by atoms with Gasteiger partial charge in [0.1, 0.15) is 18.1 Å². The minimum absolute atomic E-state index is 0.00278. The van der Waals surface area contributed by atoms with E-state index in [0.29, 0.717) is 31.5 Å². The molecule has 34 heavy (non-hydrogen) atoms. The first-order valence-electron chi connectivity index (χ1n) is 11.3. The van der Waals surface area contributed by atoms with Crippen molar-refractivity contribution >= 4 is 36.3 Å². The summed E-state index contributed by atoms with van der Waals surface area (Å²) in [5.74, 6) is -2.81. The van der Waals surface area contributed by atoms with Gasteiger partial charge in [0.15, 0.2) is 0 Å². The Morgan fingerprint density at radius 1 is 1.06 bits per heavy atom. The number of carboxylic acids is 1. The highest BCUT2D eigenvalue weighted by Crippen LogP contribution is 2.09. The Hall–Kier alpha value is -2.64. The second-order valence-electron chi connectivity index (χ2n) is 8.51. The van der Waals surface area contributed by atoms with Gasteiger partial charge in [0.05, 0.1) is 12.4 Å². The number of H-pyrrole nitrogens is 1. The summed E-state index contributed by atoms with van der Waals surface area (Å²) in [6.45, 7) is 4.18. The van der Waals surface area contributed by atoms with Gasteiger partial charge in [0.25, 0.3) is 0 Å². The second kappa shape index (κ2) is 15.3. The zero-order valence-corrected chi connectivity index (χ0v) is 20.5. The van der Waals surface area contributed by atoms with Gasteiger partial charge in [-0.25, -0.2) is 9.78 Å². The number of hydrogen-bond donors (Lipinski definition) is 8. The first-order valence-corrected chi connectivity index (χ1v) is 11.9. The predicted molar refractivity (Wildman–Crippen MR) is 130 cm³/mol. The average Bonchev–Trinajstić information content (AvgIpc) is 3.29. The van der Waals surface area contributed by atoms with Crippen LogP contribution in [0.4, 0.5) is 0 Å². The summed E-state index contributed by atoms with van der Waals surface area (Å²) >= 11 is 4.00. The molecule has 0 bridgehead atoms. The second-order valence-corrected chi connectivity index (χ2v) is 8.87. The summed E-state index contributed by atoms with van der Waals surface area (Å²) in [5.41, 5.74) is 11.8. The number of carboxylic acid groups (broad SMARTS) is 1. The lowest BCUT2D eigenvalue weighted by molar-refractivity contribution is -0.142. The molecule has 1 aromatic rings. The Bertz CT molecular complexity index is 790. The molecule has 9 N–H and O–H groups in total. The van der Waals surface area contributed by atoms with Gasteiger partial charge in [-0.3, -0.25) is 14.4 Å². The van der Waals surface area contributed by atoms with Crippen molar-refractivity contribution in [2.24, 2.45) is 17.4 Å². The Morgan fingerprint density at radius 2 is 1.68 bits per heavy atom. The van der Waals surface area contributed by atoms with Crippen LogP contribution in [0, 0.1) is 5.92 Å². The molecular weight excluding hydrogens is 462 g/mol. The first kappa shape index (κ1) is 29.4. The number of nitrogens with one attached hydrogen (secondary N) is 4. The van der Waals surface area contributed by atoms with E-state index in [4.69, 9.17) is 11.5 Å². The zero-order valence-electron chi connectivity index (χ0n) is 19.6. The molecule has 1 rings (SSSR count). The third-order valence-corrected chi connectivity index (χ3v) is 5.44. The van der Waals surface area contributed by atoms with E-state index in [-0.39, 0.29) is 24.5 Å². The highest BCUT2D eigenvalue weighted by Gasteiger charge is 2.30. The van der Waals surface area contributed by atoms with Crippen LogP contribution >= 0.6 is 12.6 Å². The van der Waals surface area contributed by atoms with E-state index in [1.54, 1.807) is 0 Å². The lowest BCUT2D eigenvalue weighted by Crippen LogP contribution is -2.57. The highest BCUT2D eigenvalue weighted by atomic mass is 32.1. The molecule has 0 spiro atoms. The zero-order chi connectivity index (χ0) is 25.7. The number of nitrogens with two attached hydrogens (primary N) is 2. The largest absolute Gasteiger partial charge is 0.480 e. The van der Waals surface area contributed by atoms with Crippen molar-refractivity contribution < 1.29 is 24.3 Å². The van der Waals surface area contributed by atoms with Crippen LogP contribution in [0.2, 0.25) is 0 Å². The summed E-state index contributed by atoms with van der Waals surface area (Å²) < 4.78 is 0. The van der Waals surface area contributed by atoms with Gasteiger partial charge in [0.2, 0.25) is 17.7 Å². The maximum atomic E-state index is 13.0. The van der Waals surface area contributed by atoms with E-state index >= 15 is 0 Å². The van der Waals surface area contributed by atoms with Crippen molar-refractivity contribution in [3.8, 4) is 0 Å². The normalized spacial score (nSPS) is 14.6. The number of unbranched alkanes of at least 4 members (excludes halogenated alkanes) is 1. The molecule has 3 amide bonds. The third kappa shape index (κ3) is 10.5. The van der Waals surface area contributed by atoms with Crippen molar-refractivity contribution in [2.45, 2.75) is 70.1 Å². The minimum Gasteiger partial charge on any atom is -0.480 e. The highest BCUT2D eigenvalue weighted by molar-refractivity contribution is 7.80. The molecule has 1 aromatic heterocycles. The number of rotatable bonds is 16. The summed E-state index contributed by atoms with van der Waals surface area (Å²) in [6.07, 6.45) is 4.70. The Labute approximate surface area is 204 Å². The molecule has 13 heteroatoms. The van der Waals surface area contributed by atoms with Gasteiger partial charge in [-0.1, -0.05) is 13.8 Å². The lowest BCUT2D eigenvalue weighted by Gasteiger charge is -2.26. The van der Waals surface area contributed by atoms with Crippen LogP contribution in [-0.2, 0) is 25.6 Å². The minimum atomic E-state index is -1.22. The first-order chi connectivity index (χ1) is 16.1. The molecule has 0 aliphatic heterocycles. The summed E-state index contributed by atoms with van der Waals surface area (Å²) in [4.78, 5) is 56.6. The standard InChI is InChI=1S/C21H37N7O5S/c1-12(2)7-16(20(31)28-17(21(32)33)8-13-9-24-11-25-13)27-19(30)15(5-3-4-6-22)26-18(29)14(23)10-34/h9,11-12,14-17,34H,3-8,10,22-23H2,1-2H3,(H,24,25)(H,26,29)(H,27,30)(H,28,31)(H,32,33).